The number of amides is 1. The van der Waals surface area contributed by atoms with E-state index in [-0.39, 0.29) is 23.8 Å². The Morgan fingerprint density at radius 3 is 2.82 bits per heavy atom. The lowest BCUT2D eigenvalue weighted by molar-refractivity contribution is -0.275. The third-order valence-electron chi connectivity index (χ3n) is 3.19. The fraction of sp³-hybridized carbons (Fsp3) is 0.500. The molecule has 1 heterocycles. The van der Waals surface area contributed by atoms with E-state index in [1.54, 1.807) is 6.07 Å². The van der Waals surface area contributed by atoms with Crippen molar-refractivity contribution < 1.29 is 27.4 Å². The summed E-state index contributed by atoms with van der Waals surface area (Å²) in [4.78, 5) is 13.5. The molecule has 122 valence electrons. The molecule has 0 radical (unpaired) electrons. The first-order valence-corrected chi connectivity index (χ1v) is 6.78. The molecule has 1 aliphatic heterocycles. The molecule has 22 heavy (non-hydrogen) atoms. The molecule has 1 fully saturated rings. The Hall–Kier alpha value is -1.80. The van der Waals surface area contributed by atoms with Gasteiger partial charge in [0.1, 0.15) is 11.9 Å². The molecular formula is C14H17F3N2O3. The highest BCUT2D eigenvalue weighted by atomic mass is 19.4. The molecule has 0 aromatic heterocycles. The maximum atomic E-state index is 12.4. The van der Waals surface area contributed by atoms with Crippen LogP contribution in [-0.2, 0) is 16.1 Å². The molecule has 0 unspecified atom stereocenters. The highest BCUT2D eigenvalue weighted by Gasteiger charge is 2.32. The number of halogens is 3. The first-order valence-electron chi connectivity index (χ1n) is 6.78. The molecule has 1 atom stereocenters. The maximum absolute atomic E-state index is 12.4. The largest absolute Gasteiger partial charge is 0.573 e. The second kappa shape index (κ2) is 6.97. The minimum absolute atomic E-state index is 0.00491. The summed E-state index contributed by atoms with van der Waals surface area (Å²) in [7, 11) is 1.52. The SMILES string of the molecule is CN(Cc1ccccc1OC(F)(F)F)C(=O)[C@H]1CNCCO1. The number of ether oxygens (including phenoxy) is 2. The minimum atomic E-state index is -4.77. The predicted octanol–water partition coefficient (Wildman–Crippen LogP) is 1.53. The highest BCUT2D eigenvalue weighted by molar-refractivity contribution is 5.81. The molecule has 1 aromatic rings. The van der Waals surface area contributed by atoms with Gasteiger partial charge < -0.3 is 19.7 Å². The Kier molecular flexibility index (Phi) is 5.25. The highest BCUT2D eigenvalue weighted by Crippen LogP contribution is 2.27. The van der Waals surface area contributed by atoms with Crippen molar-refractivity contribution in [3.63, 3.8) is 0 Å². The van der Waals surface area contributed by atoms with Crippen LogP contribution >= 0.6 is 0 Å². The Balaban J connectivity index is 2.04. The zero-order valence-corrected chi connectivity index (χ0v) is 12.0. The number of alkyl halides is 3. The van der Waals surface area contributed by atoms with Crippen LogP contribution in [0.25, 0.3) is 0 Å². The molecule has 1 saturated heterocycles. The van der Waals surface area contributed by atoms with Gasteiger partial charge in [-0.15, -0.1) is 13.2 Å². The molecular weight excluding hydrogens is 301 g/mol. The summed E-state index contributed by atoms with van der Waals surface area (Å²) in [6.07, 6.45) is -5.39. The van der Waals surface area contributed by atoms with Crippen molar-refractivity contribution in [1.82, 2.24) is 10.2 Å². The van der Waals surface area contributed by atoms with Crippen LogP contribution in [0.2, 0.25) is 0 Å². The number of carbonyl (C=O) groups is 1. The van der Waals surface area contributed by atoms with Crippen LogP contribution in [0.1, 0.15) is 5.56 Å². The van der Waals surface area contributed by atoms with Gasteiger partial charge in [0.2, 0.25) is 0 Å². The standard InChI is InChI=1S/C14H17F3N2O3/c1-19(13(20)12-8-18-6-7-21-12)9-10-4-2-3-5-11(10)22-14(15,16)17/h2-5,12,18H,6-9H2,1H3/t12-/m1/s1. The van der Waals surface area contributed by atoms with Crippen molar-refractivity contribution in [3.05, 3.63) is 29.8 Å². The number of rotatable bonds is 4. The molecule has 0 bridgehead atoms. The first-order chi connectivity index (χ1) is 10.4. The smallest absolute Gasteiger partial charge is 0.405 e. The molecule has 1 N–H and O–H groups in total. The maximum Gasteiger partial charge on any atom is 0.573 e. The second-order valence-electron chi connectivity index (χ2n) is 4.91. The van der Waals surface area contributed by atoms with E-state index in [2.05, 4.69) is 10.1 Å². The average molecular weight is 318 g/mol. The minimum Gasteiger partial charge on any atom is -0.405 e. The Labute approximate surface area is 126 Å². The van der Waals surface area contributed by atoms with Crippen LogP contribution in [0, 0.1) is 0 Å². The number of hydrogen-bond acceptors (Lipinski definition) is 4. The second-order valence-corrected chi connectivity index (χ2v) is 4.91. The van der Waals surface area contributed by atoms with Gasteiger partial charge in [-0.3, -0.25) is 4.79 Å². The number of para-hydroxylation sites is 1. The molecule has 0 saturated carbocycles. The zero-order chi connectivity index (χ0) is 16.2. The number of hydrogen-bond donors (Lipinski definition) is 1. The summed E-state index contributed by atoms with van der Waals surface area (Å²) < 4.78 is 46.5. The van der Waals surface area contributed by atoms with Crippen LogP contribution in [0.3, 0.4) is 0 Å². The van der Waals surface area contributed by atoms with Crippen molar-refractivity contribution in [2.75, 3.05) is 26.7 Å². The molecule has 2 rings (SSSR count). The monoisotopic (exact) mass is 318 g/mol. The van der Waals surface area contributed by atoms with Crippen molar-refractivity contribution in [1.29, 1.82) is 0 Å². The van der Waals surface area contributed by atoms with Gasteiger partial charge in [-0.1, -0.05) is 18.2 Å². The average Bonchev–Trinajstić information content (AvgIpc) is 2.48. The van der Waals surface area contributed by atoms with Crippen molar-refractivity contribution >= 4 is 5.91 Å². The fourth-order valence-corrected chi connectivity index (χ4v) is 2.16. The number of morpholine rings is 1. The third kappa shape index (κ3) is 4.60. The van der Waals surface area contributed by atoms with Crippen LogP contribution in [0.5, 0.6) is 5.75 Å². The normalized spacial score (nSPS) is 18.8. The van der Waals surface area contributed by atoms with Gasteiger partial charge in [-0.25, -0.2) is 0 Å². The molecule has 5 nitrogen and oxygen atoms in total. The molecule has 1 aliphatic rings. The Morgan fingerprint density at radius 1 is 1.45 bits per heavy atom. The number of nitrogens with zero attached hydrogens (tertiary/aromatic N) is 1. The summed E-state index contributed by atoms with van der Waals surface area (Å²) in [6, 6.07) is 5.75. The number of benzene rings is 1. The van der Waals surface area contributed by atoms with E-state index in [0.717, 1.165) is 0 Å². The molecule has 0 spiro atoms. The summed E-state index contributed by atoms with van der Waals surface area (Å²) in [6.45, 7) is 1.50. The first kappa shape index (κ1) is 16.6. The van der Waals surface area contributed by atoms with Gasteiger partial charge in [-0.05, 0) is 6.07 Å². The Bertz CT molecular complexity index is 516. The van der Waals surface area contributed by atoms with E-state index in [1.165, 1.54) is 30.1 Å². The number of carbonyl (C=O) groups excluding carboxylic acids is 1. The van der Waals surface area contributed by atoms with Crippen LogP contribution in [0.15, 0.2) is 24.3 Å². The van der Waals surface area contributed by atoms with Gasteiger partial charge in [0.25, 0.3) is 5.91 Å². The molecule has 0 aliphatic carbocycles. The number of likely N-dealkylation sites (N-methyl/N-ethyl adjacent to an activating group) is 1. The quantitative estimate of drug-likeness (QED) is 0.915. The van der Waals surface area contributed by atoms with Gasteiger partial charge in [0.05, 0.1) is 6.61 Å². The lowest BCUT2D eigenvalue weighted by atomic mass is 10.1. The van der Waals surface area contributed by atoms with E-state index < -0.39 is 12.5 Å². The van der Waals surface area contributed by atoms with Crippen LogP contribution in [0.4, 0.5) is 13.2 Å². The van der Waals surface area contributed by atoms with Crippen molar-refractivity contribution in [3.8, 4) is 5.75 Å². The fourth-order valence-electron chi connectivity index (χ4n) is 2.16. The summed E-state index contributed by atoms with van der Waals surface area (Å²) in [5.74, 6) is -0.591. The predicted molar refractivity (Wildman–Crippen MR) is 72.2 cm³/mol. The zero-order valence-electron chi connectivity index (χ0n) is 12.0. The van der Waals surface area contributed by atoms with E-state index in [1.807, 2.05) is 0 Å². The lowest BCUT2D eigenvalue weighted by Crippen LogP contribution is -2.48. The molecule has 8 heteroatoms. The van der Waals surface area contributed by atoms with Gasteiger partial charge in [0, 0.05) is 32.2 Å². The van der Waals surface area contributed by atoms with E-state index in [0.29, 0.717) is 19.7 Å². The molecule has 1 amide bonds. The van der Waals surface area contributed by atoms with Gasteiger partial charge in [0.15, 0.2) is 0 Å². The molecule has 1 aromatic carbocycles. The van der Waals surface area contributed by atoms with Gasteiger partial charge >= 0.3 is 6.36 Å². The van der Waals surface area contributed by atoms with Crippen LogP contribution in [-0.4, -0.2) is 50.0 Å². The van der Waals surface area contributed by atoms with Gasteiger partial charge in [-0.2, -0.15) is 0 Å². The van der Waals surface area contributed by atoms with Crippen molar-refractivity contribution in [2.45, 2.75) is 19.0 Å². The topological polar surface area (TPSA) is 50.8 Å². The summed E-state index contributed by atoms with van der Waals surface area (Å²) in [5, 5.41) is 3.03. The summed E-state index contributed by atoms with van der Waals surface area (Å²) >= 11 is 0. The Morgan fingerprint density at radius 2 is 2.18 bits per heavy atom. The number of nitrogens with one attached hydrogen (secondary N) is 1. The van der Waals surface area contributed by atoms with E-state index >= 15 is 0 Å². The lowest BCUT2D eigenvalue weighted by Gasteiger charge is -2.27. The van der Waals surface area contributed by atoms with Crippen molar-refractivity contribution in [2.24, 2.45) is 0 Å². The van der Waals surface area contributed by atoms with E-state index in [4.69, 9.17) is 4.74 Å². The third-order valence-corrected chi connectivity index (χ3v) is 3.19. The van der Waals surface area contributed by atoms with Crippen LogP contribution < -0.4 is 10.1 Å². The van der Waals surface area contributed by atoms with E-state index in [9.17, 15) is 18.0 Å². The summed E-state index contributed by atoms with van der Waals surface area (Å²) in [5.41, 5.74) is 0.277.